The third-order valence-corrected chi connectivity index (χ3v) is 4.83. The molecule has 0 aromatic heterocycles. The number of carbonyl (C=O) groups is 2. The Morgan fingerprint density at radius 3 is 2.33 bits per heavy atom. The normalized spacial score (nSPS) is 19.8. The number of rotatable bonds is 4. The van der Waals surface area contributed by atoms with Crippen LogP contribution in [0.25, 0.3) is 0 Å². The zero-order chi connectivity index (χ0) is 19.5. The summed E-state index contributed by atoms with van der Waals surface area (Å²) in [6.07, 6.45) is 7.54. The number of likely N-dealkylation sites (tertiary alicyclic amines) is 1. The molecule has 6 nitrogen and oxygen atoms in total. The van der Waals surface area contributed by atoms with Gasteiger partial charge in [0.05, 0.1) is 25.9 Å². The van der Waals surface area contributed by atoms with Gasteiger partial charge in [-0.25, -0.2) is 4.79 Å². The van der Waals surface area contributed by atoms with Crippen molar-refractivity contribution in [3.63, 3.8) is 0 Å². The van der Waals surface area contributed by atoms with E-state index in [0.29, 0.717) is 19.3 Å². The van der Waals surface area contributed by atoms with Gasteiger partial charge in [-0.2, -0.15) is 0 Å². The second kappa shape index (κ2) is 11.6. The first kappa shape index (κ1) is 21.2. The third kappa shape index (κ3) is 7.99. The number of amides is 1. The van der Waals surface area contributed by atoms with Gasteiger partial charge in [0.1, 0.15) is 6.61 Å². The number of hydrogen-bond acceptors (Lipinski definition) is 5. The quantitative estimate of drug-likeness (QED) is 0.744. The number of benzene rings is 1. The minimum Gasteiger partial charge on any atom is -0.469 e. The van der Waals surface area contributed by atoms with Crippen molar-refractivity contribution in [1.29, 1.82) is 0 Å². The van der Waals surface area contributed by atoms with Crippen LogP contribution in [-0.4, -0.2) is 49.4 Å². The van der Waals surface area contributed by atoms with Crippen molar-refractivity contribution in [1.82, 2.24) is 4.90 Å². The Hall–Kier alpha value is -2.08. The highest BCUT2D eigenvalue weighted by Crippen LogP contribution is 2.24. The summed E-state index contributed by atoms with van der Waals surface area (Å²) in [4.78, 5) is 23.5. The molecule has 2 fully saturated rings. The highest BCUT2D eigenvalue weighted by molar-refractivity contribution is 5.68. The van der Waals surface area contributed by atoms with Gasteiger partial charge < -0.3 is 19.1 Å². The smallest absolute Gasteiger partial charge is 0.410 e. The van der Waals surface area contributed by atoms with Crippen molar-refractivity contribution >= 4 is 12.1 Å². The van der Waals surface area contributed by atoms with Gasteiger partial charge in [0.15, 0.2) is 0 Å². The van der Waals surface area contributed by atoms with E-state index in [1.807, 2.05) is 30.3 Å². The molecule has 0 bridgehead atoms. The van der Waals surface area contributed by atoms with Gasteiger partial charge in [0.2, 0.25) is 0 Å². The van der Waals surface area contributed by atoms with Gasteiger partial charge in [-0.05, 0) is 24.8 Å². The van der Waals surface area contributed by atoms with E-state index >= 15 is 0 Å². The maximum absolute atomic E-state index is 12.1. The van der Waals surface area contributed by atoms with Crippen molar-refractivity contribution in [2.24, 2.45) is 0 Å². The first-order chi connectivity index (χ1) is 13.1. The summed E-state index contributed by atoms with van der Waals surface area (Å²) in [6, 6.07) is 9.79. The first-order valence-corrected chi connectivity index (χ1v) is 9.74. The van der Waals surface area contributed by atoms with Crippen LogP contribution < -0.4 is 0 Å². The molecule has 0 N–H and O–H groups in total. The number of nitrogens with zero attached hydrogens (tertiary/aromatic N) is 1. The zero-order valence-electron chi connectivity index (χ0n) is 16.4. The fourth-order valence-corrected chi connectivity index (χ4v) is 3.29. The van der Waals surface area contributed by atoms with E-state index in [0.717, 1.165) is 18.5 Å². The van der Waals surface area contributed by atoms with Crippen LogP contribution in [0.15, 0.2) is 30.3 Å². The molecular formula is C21H31NO5. The van der Waals surface area contributed by atoms with Crippen molar-refractivity contribution in [2.75, 3.05) is 20.2 Å². The molecule has 1 unspecified atom stereocenters. The van der Waals surface area contributed by atoms with Gasteiger partial charge in [-0.15, -0.1) is 0 Å². The summed E-state index contributed by atoms with van der Waals surface area (Å²) in [5, 5.41) is 0. The van der Waals surface area contributed by atoms with Gasteiger partial charge >= 0.3 is 12.1 Å². The first-order valence-electron chi connectivity index (χ1n) is 9.74. The molecule has 1 amide bonds. The summed E-state index contributed by atoms with van der Waals surface area (Å²) in [7, 11) is 1.35. The Kier molecular flexibility index (Phi) is 9.11. The van der Waals surface area contributed by atoms with Crippen molar-refractivity contribution in [3.05, 3.63) is 35.9 Å². The Bertz CT molecular complexity index is 571. The molecule has 2 aliphatic rings. The highest BCUT2D eigenvalue weighted by Gasteiger charge is 2.30. The minimum absolute atomic E-state index is 0.187. The van der Waals surface area contributed by atoms with Crippen LogP contribution in [0.2, 0.25) is 0 Å². The van der Waals surface area contributed by atoms with E-state index in [1.54, 1.807) is 4.90 Å². The Labute approximate surface area is 161 Å². The van der Waals surface area contributed by atoms with Gasteiger partial charge in [-0.3, -0.25) is 4.79 Å². The predicted molar refractivity (Wildman–Crippen MR) is 102 cm³/mol. The highest BCUT2D eigenvalue weighted by atomic mass is 16.6. The summed E-state index contributed by atoms with van der Waals surface area (Å²) >= 11 is 0. The molecule has 0 spiro atoms. The van der Waals surface area contributed by atoms with Gasteiger partial charge in [0, 0.05) is 13.5 Å². The van der Waals surface area contributed by atoms with Crippen LogP contribution in [0, 0.1) is 0 Å². The van der Waals surface area contributed by atoms with Crippen molar-refractivity contribution in [3.8, 4) is 0 Å². The standard InChI is InChI=1S/C18H25NO3.C3H6O2/c20-18(21-14-15-7-3-1-4-8-15)19-12-11-17(13-19)22-16-9-5-2-6-10-16;1-3(4)5-2/h1,3-4,7-8,16-17H,2,5-6,9-14H2;1-2H3. The summed E-state index contributed by atoms with van der Waals surface area (Å²) in [5.41, 5.74) is 1.02. The van der Waals surface area contributed by atoms with Gasteiger partial charge in [-0.1, -0.05) is 49.6 Å². The fourth-order valence-electron chi connectivity index (χ4n) is 3.29. The molecule has 1 heterocycles. The lowest BCUT2D eigenvalue weighted by atomic mass is 9.97. The van der Waals surface area contributed by atoms with E-state index in [4.69, 9.17) is 9.47 Å². The Morgan fingerprint density at radius 2 is 1.70 bits per heavy atom. The van der Waals surface area contributed by atoms with Crippen LogP contribution >= 0.6 is 0 Å². The summed E-state index contributed by atoms with van der Waals surface area (Å²) in [5.74, 6) is -0.245. The van der Waals surface area contributed by atoms with Crippen LogP contribution in [0.4, 0.5) is 4.79 Å². The van der Waals surface area contributed by atoms with E-state index in [1.165, 1.54) is 46.1 Å². The van der Waals surface area contributed by atoms with Crippen molar-refractivity contribution < 1.29 is 23.8 Å². The minimum atomic E-state index is -0.245. The Balaban J connectivity index is 0.000000465. The van der Waals surface area contributed by atoms with Gasteiger partial charge in [0.25, 0.3) is 0 Å². The maximum atomic E-state index is 12.1. The summed E-state index contributed by atoms with van der Waals surface area (Å²) in [6.45, 7) is 3.11. The monoisotopic (exact) mass is 377 g/mol. The van der Waals surface area contributed by atoms with Crippen molar-refractivity contribution in [2.45, 2.75) is 64.3 Å². The zero-order valence-corrected chi connectivity index (χ0v) is 16.4. The van der Waals surface area contributed by atoms with Crippen LogP contribution in [-0.2, 0) is 25.6 Å². The molecule has 1 aromatic rings. The second-order valence-corrected chi connectivity index (χ2v) is 6.99. The van der Waals surface area contributed by atoms with E-state index in [9.17, 15) is 9.59 Å². The molecule has 1 saturated heterocycles. The largest absolute Gasteiger partial charge is 0.469 e. The predicted octanol–water partition coefficient (Wildman–Crippen LogP) is 3.93. The molecule has 3 rings (SSSR count). The average Bonchev–Trinajstić information content (AvgIpc) is 3.17. The molecule has 27 heavy (non-hydrogen) atoms. The third-order valence-electron chi connectivity index (χ3n) is 4.83. The molecule has 1 saturated carbocycles. The van der Waals surface area contributed by atoms with E-state index < -0.39 is 0 Å². The van der Waals surface area contributed by atoms with E-state index in [2.05, 4.69) is 4.74 Å². The lowest BCUT2D eigenvalue weighted by Crippen LogP contribution is -2.32. The fraction of sp³-hybridized carbons (Fsp3) is 0.619. The molecule has 6 heteroatoms. The lowest BCUT2D eigenvalue weighted by Gasteiger charge is -2.25. The molecule has 1 aliphatic heterocycles. The SMILES string of the molecule is COC(C)=O.O=C(OCc1ccccc1)N1CCC(OC2CCCCC2)C1. The maximum Gasteiger partial charge on any atom is 0.410 e. The molecule has 1 aliphatic carbocycles. The second-order valence-electron chi connectivity index (χ2n) is 6.99. The molecule has 0 radical (unpaired) electrons. The number of carbonyl (C=O) groups excluding carboxylic acids is 2. The van der Waals surface area contributed by atoms with E-state index in [-0.39, 0.29) is 18.2 Å². The topological polar surface area (TPSA) is 65.1 Å². The molecular weight excluding hydrogens is 346 g/mol. The molecule has 1 aromatic carbocycles. The number of hydrogen-bond donors (Lipinski definition) is 0. The number of methoxy groups -OCH3 is 1. The molecule has 150 valence electrons. The van der Waals surface area contributed by atoms with Crippen LogP contribution in [0.1, 0.15) is 51.0 Å². The number of esters is 1. The van der Waals surface area contributed by atoms with Crippen LogP contribution in [0.5, 0.6) is 0 Å². The van der Waals surface area contributed by atoms with Crippen LogP contribution in [0.3, 0.4) is 0 Å². The average molecular weight is 377 g/mol. The summed E-state index contributed by atoms with van der Waals surface area (Å²) < 4.78 is 15.6. The lowest BCUT2D eigenvalue weighted by molar-refractivity contribution is -0.137. The number of ether oxygens (including phenoxy) is 3. The Morgan fingerprint density at radius 1 is 1.04 bits per heavy atom. The molecule has 1 atom stereocenters.